The predicted octanol–water partition coefficient (Wildman–Crippen LogP) is 5.49. The Bertz CT molecular complexity index is 1290. The molecule has 6 aliphatic rings. The average molecular weight is 732 g/mol. The molecule has 17 atom stereocenters. The summed E-state index contributed by atoms with van der Waals surface area (Å²) in [6, 6.07) is 0.339. The van der Waals surface area contributed by atoms with Crippen LogP contribution < -0.4 is 0 Å². The fraction of sp³-hybridized carbons (Fsp3) is 0.854. The molecule has 0 radical (unpaired) electrons. The van der Waals surface area contributed by atoms with Crippen LogP contribution in [0.2, 0.25) is 0 Å². The largest absolute Gasteiger partial charge is 0.462 e. The van der Waals surface area contributed by atoms with Crippen molar-refractivity contribution in [3.8, 4) is 0 Å². The molecule has 11 heteroatoms. The Morgan fingerprint density at radius 1 is 0.827 bits per heavy atom. The molecule has 0 unspecified atom stereocenters. The lowest BCUT2D eigenvalue weighted by molar-refractivity contribution is -0.314. The van der Waals surface area contributed by atoms with Crippen LogP contribution >= 0.6 is 0 Å². The first-order chi connectivity index (χ1) is 25.0. The zero-order valence-corrected chi connectivity index (χ0v) is 32.9. The van der Waals surface area contributed by atoms with E-state index in [0.717, 1.165) is 50.5 Å². The molecule has 0 N–H and O–H groups in total. The number of fused-ring (bicyclic) bond motifs is 5. The third kappa shape index (κ3) is 8.27. The minimum Gasteiger partial charge on any atom is -0.462 e. The number of carbonyl (C=O) groups is 2. The second-order valence-electron chi connectivity index (χ2n) is 16.5. The maximum Gasteiger partial charge on any atom is 0.306 e. The van der Waals surface area contributed by atoms with E-state index in [2.05, 4.69) is 51.1 Å². The highest BCUT2D eigenvalue weighted by Crippen LogP contribution is 2.54. The number of esters is 1. The topological polar surface area (TPSA) is 111 Å². The molecular weight excluding hydrogens is 666 g/mol. The Hall–Kier alpha value is -1.70. The van der Waals surface area contributed by atoms with E-state index < -0.39 is 12.4 Å². The van der Waals surface area contributed by atoms with Gasteiger partial charge in [0.05, 0.1) is 30.8 Å². The minimum absolute atomic E-state index is 0.0380. The van der Waals surface area contributed by atoms with E-state index in [-0.39, 0.29) is 96.8 Å². The monoisotopic (exact) mass is 731 g/mol. The summed E-state index contributed by atoms with van der Waals surface area (Å²) in [4.78, 5) is 30.4. The van der Waals surface area contributed by atoms with Crippen molar-refractivity contribution in [2.24, 2.45) is 35.5 Å². The molecule has 52 heavy (non-hydrogen) atoms. The Balaban J connectivity index is 1.20. The van der Waals surface area contributed by atoms with Crippen LogP contribution in [-0.2, 0) is 47.5 Å². The number of hydrogen-bond donors (Lipinski definition) is 0. The molecule has 3 aliphatic carbocycles. The van der Waals surface area contributed by atoms with Crippen molar-refractivity contribution in [1.82, 2.24) is 4.90 Å². The summed E-state index contributed by atoms with van der Waals surface area (Å²) in [5, 5.41) is 0. The number of allylic oxidation sites excluding steroid dienone is 4. The lowest BCUT2D eigenvalue weighted by Crippen LogP contribution is -2.59. The number of hydrogen-bond acceptors (Lipinski definition) is 11. The molecule has 3 aliphatic heterocycles. The van der Waals surface area contributed by atoms with Crippen LogP contribution in [0.15, 0.2) is 23.8 Å². The van der Waals surface area contributed by atoms with Gasteiger partial charge in [-0.3, -0.25) is 9.59 Å². The Kier molecular flexibility index (Phi) is 13.4. The van der Waals surface area contributed by atoms with Crippen molar-refractivity contribution in [1.29, 1.82) is 0 Å². The quantitative estimate of drug-likeness (QED) is 0.222. The van der Waals surface area contributed by atoms with Crippen molar-refractivity contribution in [3.63, 3.8) is 0 Å². The Morgan fingerprint density at radius 2 is 1.58 bits per heavy atom. The van der Waals surface area contributed by atoms with E-state index in [1.165, 1.54) is 0 Å². The average Bonchev–Trinajstić information content (AvgIpc) is 3.70. The number of nitrogens with zero attached hydrogens (tertiary/aromatic N) is 1. The summed E-state index contributed by atoms with van der Waals surface area (Å²) >= 11 is 0. The first kappa shape index (κ1) is 40.0. The van der Waals surface area contributed by atoms with Crippen LogP contribution in [0, 0.1) is 35.5 Å². The smallest absolute Gasteiger partial charge is 0.306 e. The fourth-order valence-electron chi connectivity index (χ4n) is 10.4. The van der Waals surface area contributed by atoms with Gasteiger partial charge in [-0.2, -0.15) is 0 Å². The van der Waals surface area contributed by atoms with Gasteiger partial charge in [0.1, 0.15) is 24.4 Å². The molecule has 0 aromatic carbocycles. The van der Waals surface area contributed by atoms with Gasteiger partial charge in [-0.15, -0.1) is 0 Å². The third-order valence-corrected chi connectivity index (χ3v) is 13.3. The molecule has 1 saturated carbocycles. The summed E-state index contributed by atoms with van der Waals surface area (Å²) in [6.45, 7) is 8.17. The fourth-order valence-corrected chi connectivity index (χ4v) is 10.4. The molecule has 3 heterocycles. The molecule has 11 nitrogen and oxygen atoms in total. The SMILES string of the molecule is CC[C@H]1CCC[C@H](O[C@H]2CC[C@H](N(C)C)[C@H](C)O2)[C@@H](C)C(=O)C2=C[C@@H]3[C@@H](C=C[C@@H]4C[C@@H](O[C@@H]5O[C@@H](C)[C@H](OC)[C@@H](OC)[C@H]5OC)C[C@@H]34)[C@@H]2CC(=O)O1. The minimum atomic E-state index is -0.594. The van der Waals surface area contributed by atoms with Gasteiger partial charge in [0.15, 0.2) is 18.4 Å². The summed E-state index contributed by atoms with van der Waals surface area (Å²) in [5.74, 6) is 0.0198. The number of methoxy groups -OCH3 is 3. The van der Waals surface area contributed by atoms with Gasteiger partial charge in [-0.1, -0.05) is 32.1 Å². The molecule has 0 amide bonds. The first-order valence-electron chi connectivity index (χ1n) is 20.0. The Labute approximate surface area is 311 Å². The molecule has 0 aromatic heterocycles. The van der Waals surface area contributed by atoms with Crippen LogP contribution in [-0.4, -0.2) is 120 Å². The van der Waals surface area contributed by atoms with Crippen molar-refractivity contribution in [3.05, 3.63) is 23.8 Å². The first-order valence-corrected chi connectivity index (χ1v) is 20.0. The molecular formula is C41H65NO10. The second-order valence-corrected chi connectivity index (χ2v) is 16.5. The zero-order chi connectivity index (χ0) is 37.3. The lowest BCUT2D eigenvalue weighted by atomic mass is 9.70. The normalized spacial score (nSPS) is 45.7. The molecule has 294 valence electrons. The van der Waals surface area contributed by atoms with E-state index in [1.807, 2.05) is 13.8 Å². The van der Waals surface area contributed by atoms with E-state index in [0.29, 0.717) is 18.4 Å². The molecule has 3 saturated heterocycles. The highest BCUT2D eigenvalue weighted by atomic mass is 16.7. The van der Waals surface area contributed by atoms with Gasteiger partial charge in [0.2, 0.25) is 0 Å². The van der Waals surface area contributed by atoms with Gasteiger partial charge in [-0.05, 0) is 109 Å². The highest BCUT2D eigenvalue weighted by molar-refractivity contribution is 5.99. The van der Waals surface area contributed by atoms with Crippen LogP contribution in [0.3, 0.4) is 0 Å². The third-order valence-electron chi connectivity index (χ3n) is 13.3. The van der Waals surface area contributed by atoms with E-state index in [4.69, 9.17) is 37.9 Å². The van der Waals surface area contributed by atoms with Crippen LogP contribution in [0.1, 0.15) is 85.5 Å². The van der Waals surface area contributed by atoms with Gasteiger partial charge >= 0.3 is 5.97 Å². The van der Waals surface area contributed by atoms with Crippen molar-refractivity contribution in [2.45, 2.75) is 153 Å². The number of carbonyl (C=O) groups excluding carboxylic acids is 2. The van der Waals surface area contributed by atoms with Crippen LogP contribution in [0.5, 0.6) is 0 Å². The van der Waals surface area contributed by atoms with Crippen LogP contribution in [0.4, 0.5) is 0 Å². The number of rotatable bonds is 9. The summed E-state index contributed by atoms with van der Waals surface area (Å²) in [6.07, 6.45) is 10.8. The zero-order valence-electron chi connectivity index (χ0n) is 32.9. The molecule has 0 bridgehead atoms. The van der Waals surface area contributed by atoms with Crippen molar-refractivity contribution in [2.75, 3.05) is 35.4 Å². The molecule has 6 rings (SSSR count). The van der Waals surface area contributed by atoms with E-state index in [9.17, 15) is 9.59 Å². The van der Waals surface area contributed by atoms with E-state index >= 15 is 0 Å². The summed E-state index contributed by atoms with van der Waals surface area (Å²) < 4.78 is 49.5. The molecule has 0 spiro atoms. The van der Waals surface area contributed by atoms with Crippen molar-refractivity contribution < 1.29 is 47.5 Å². The predicted molar refractivity (Wildman–Crippen MR) is 194 cm³/mol. The highest BCUT2D eigenvalue weighted by Gasteiger charge is 2.52. The van der Waals surface area contributed by atoms with E-state index in [1.54, 1.807) is 21.3 Å². The number of ether oxygens (including phenoxy) is 8. The maximum absolute atomic E-state index is 14.7. The molecule has 4 fully saturated rings. The van der Waals surface area contributed by atoms with Gasteiger partial charge in [0.25, 0.3) is 0 Å². The standard InChI is InChI=1S/C41H65NO10/c1-10-26-12-11-13-34(52-36-17-16-33(42(5)6)23(3)48-36)22(2)37(44)32-20-30-28(31(32)21-35(43)50-26)15-14-25-18-27(19-29(25)30)51-41-40(47-9)39(46-8)38(45-7)24(4)49-41/h14-15,20,22-31,33-34,36,38-41H,10-13,16-19,21H2,1-9H3/t22-,23+,24+,25-,26+,27-,28-,29-,30-,31+,33+,34+,36+,38+,39-,40-,41+/m1/s1. The maximum atomic E-state index is 14.7. The molecule has 0 aromatic rings. The number of ketones is 1. The van der Waals surface area contributed by atoms with Gasteiger partial charge in [-0.25, -0.2) is 0 Å². The van der Waals surface area contributed by atoms with Gasteiger partial charge < -0.3 is 42.8 Å². The number of cyclic esters (lactones) is 1. The van der Waals surface area contributed by atoms with Crippen LogP contribution in [0.25, 0.3) is 0 Å². The summed E-state index contributed by atoms with van der Waals surface area (Å²) in [5.41, 5.74) is 0.763. The number of Topliss-reactive ketones (excluding diaryl/α,β-unsaturated/α-hetero) is 1. The van der Waals surface area contributed by atoms with Crippen molar-refractivity contribution >= 4 is 11.8 Å². The lowest BCUT2D eigenvalue weighted by Gasteiger charge is -2.44. The Morgan fingerprint density at radius 3 is 2.25 bits per heavy atom. The number of likely N-dealkylation sites (N-methyl/N-ethyl adjacent to an activating group) is 1. The summed E-state index contributed by atoms with van der Waals surface area (Å²) in [7, 11) is 9.15. The second kappa shape index (κ2) is 17.4. The van der Waals surface area contributed by atoms with Gasteiger partial charge in [0, 0.05) is 39.2 Å².